The largest absolute Gasteiger partial charge is 0.454 e. The van der Waals surface area contributed by atoms with E-state index in [0.29, 0.717) is 19.5 Å². The van der Waals surface area contributed by atoms with Crippen molar-refractivity contribution >= 4 is 17.8 Å². The Morgan fingerprint density at radius 3 is 2.80 bits per heavy atom. The maximum Gasteiger partial charge on any atom is 0.326 e. The highest BCUT2D eigenvalue weighted by Gasteiger charge is 2.20. The summed E-state index contributed by atoms with van der Waals surface area (Å²) in [6, 6.07) is 8.00. The van der Waals surface area contributed by atoms with E-state index in [1.165, 1.54) is 16.0 Å². The molecule has 1 aliphatic rings. The summed E-state index contributed by atoms with van der Waals surface area (Å²) >= 11 is 0. The summed E-state index contributed by atoms with van der Waals surface area (Å²) in [5.74, 6) is -0.884. The van der Waals surface area contributed by atoms with Crippen molar-refractivity contribution < 1.29 is 19.1 Å². The number of ether oxygens (including phenoxy) is 1. The maximum absolute atomic E-state index is 11.8. The van der Waals surface area contributed by atoms with Gasteiger partial charge in [0.25, 0.3) is 5.91 Å². The second-order valence-corrected chi connectivity index (χ2v) is 6.31. The fourth-order valence-electron chi connectivity index (χ4n) is 2.83. The third-order valence-electron chi connectivity index (χ3n) is 4.33. The van der Waals surface area contributed by atoms with Gasteiger partial charge in [0, 0.05) is 19.5 Å². The minimum Gasteiger partial charge on any atom is -0.454 e. The van der Waals surface area contributed by atoms with E-state index >= 15 is 0 Å². The second-order valence-electron chi connectivity index (χ2n) is 6.31. The Morgan fingerprint density at radius 2 is 2.00 bits per heavy atom. The number of rotatable bonds is 7. The molecule has 0 aromatic heterocycles. The molecule has 0 unspecified atom stereocenters. The summed E-state index contributed by atoms with van der Waals surface area (Å²) in [6.07, 6.45) is 3.98. The molecule has 6 nitrogen and oxygen atoms in total. The molecule has 1 N–H and O–H groups in total. The fourth-order valence-corrected chi connectivity index (χ4v) is 2.83. The van der Waals surface area contributed by atoms with Gasteiger partial charge in [0.15, 0.2) is 6.61 Å². The number of nitrogens with one attached hydrogen (secondary N) is 1. The first-order valence-electron chi connectivity index (χ1n) is 8.81. The highest BCUT2D eigenvalue weighted by atomic mass is 16.5. The van der Waals surface area contributed by atoms with Gasteiger partial charge in [-0.2, -0.15) is 0 Å². The fraction of sp³-hybridized carbons (Fsp3) is 0.526. The summed E-state index contributed by atoms with van der Waals surface area (Å²) in [5.41, 5.74) is 2.37. The molecule has 1 fully saturated rings. The van der Waals surface area contributed by atoms with Gasteiger partial charge in [0.1, 0.15) is 6.54 Å². The van der Waals surface area contributed by atoms with Crippen LogP contribution in [0.5, 0.6) is 0 Å². The molecule has 2 rings (SSSR count). The lowest BCUT2D eigenvalue weighted by atomic mass is 10.1. The Kier molecular flexibility index (Phi) is 7.44. The van der Waals surface area contributed by atoms with Crippen molar-refractivity contribution in [3.8, 4) is 0 Å². The van der Waals surface area contributed by atoms with E-state index in [1.54, 1.807) is 0 Å². The van der Waals surface area contributed by atoms with E-state index in [2.05, 4.69) is 5.32 Å². The number of hydrogen-bond acceptors (Lipinski definition) is 4. The average Bonchev–Trinajstić information content (AvgIpc) is 2.79. The molecule has 0 aliphatic carbocycles. The van der Waals surface area contributed by atoms with Crippen molar-refractivity contribution in [1.82, 2.24) is 10.2 Å². The lowest BCUT2D eigenvalue weighted by Crippen LogP contribution is -2.37. The van der Waals surface area contributed by atoms with Crippen LogP contribution in [0.3, 0.4) is 0 Å². The number of likely N-dealkylation sites (tertiary alicyclic amines) is 1. The SMILES string of the molecule is Cc1ccccc1CCNC(=O)COC(=O)CN1CCCCCC1=O. The van der Waals surface area contributed by atoms with Crippen LogP contribution < -0.4 is 5.32 Å². The molecule has 1 aromatic carbocycles. The van der Waals surface area contributed by atoms with Crippen molar-refractivity contribution in [1.29, 1.82) is 0 Å². The number of esters is 1. The van der Waals surface area contributed by atoms with Crippen molar-refractivity contribution in [2.45, 2.75) is 39.0 Å². The molecular weight excluding hydrogens is 320 g/mol. The van der Waals surface area contributed by atoms with Crippen LogP contribution in [-0.2, 0) is 25.5 Å². The van der Waals surface area contributed by atoms with Gasteiger partial charge < -0.3 is 15.0 Å². The minimum atomic E-state index is -0.538. The third-order valence-corrected chi connectivity index (χ3v) is 4.33. The number of carbonyl (C=O) groups is 3. The van der Waals surface area contributed by atoms with Gasteiger partial charge in [0.2, 0.25) is 5.91 Å². The van der Waals surface area contributed by atoms with Crippen LogP contribution in [-0.4, -0.2) is 48.9 Å². The molecule has 0 bridgehead atoms. The van der Waals surface area contributed by atoms with Crippen LogP contribution in [0.1, 0.15) is 36.8 Å². The Bertz CT molecular complexity index is 615. The number of amides is 2. The number of carbonyl (C=O) groups excluding carboxylic acids is 3. The normalized spacial score (nSPS) is 14.8. The molecule has 136 valence electrons. The molecule has 25 heavy (non-hydrogen) atoms. The summed E-state index contributed by atoms with van der Waals surface area (Å²) < 4.78 is 4.98. The Balaban J connectivity index is 1.64. The monoisotopic (exact) mass is 346 g/mol. The first-order chi connectivity index (χ1) is 12.1. The Labute approximate surface area is 148 Å². The second kappa shape index (κ2) is 9.81. The first kappa shape index (κ1) is 19.0. The molecular formula is C19H26N2O4. The van der Waals surface area contributed by atoms with E-state index in [1.807, 2.05) is 31.2 Å². The molecule has 0 spiro atoms. The van der Waals surface area contributed by atoms with E-state index in [4.69, 9.17) is 4.74 Å². The summed E-state index contributed by atoms with van der Waals surface area (Å²) in [5, 5.41) is 2.74. The average molecular weight is 346 g/mol. The summed E-state index contributed by atoms with van der Waals surface area (Å²) in [7, 11) is 0. The van der Waals surface area contributed by atoms with Crippen LogP contribution >= 0.6 is 0 Å². The quantitative estimate of drug-likeness (QED) is 0.761. The van der Waals surface area contributed by atoms with Gasteiger partial charge >= 0.3 is 5.97 Å². The number of hydrogen-bond donors (Lipinski definition) is 1. The molecule has 0 radical (unpaired) electrons. The van der Waals surface area contributed by atoms with Gasteiger partial charge in [-0.05, 0) is 37.3 Å². The molecule has 0 saturated carbocycles. The van der Waals surface area contributed by atoms with Crippen molar-refractivity contribution in [2.75, 3.05) is 26.2 Å². The zero-order chi connectivity index (χ0) is 18.1. The minimum absolute atomic E-state index is 0.0165. The molecule has 0 atom stereocenters. The van der Waals surface area contributed by atoms with E-state index in [-0.39, 0.29) is 25.0 Å². The zero-order valence-corrected chi connectivity index (χ0v) is 14.8. The standard InChI is InChI=1S/C19H26N2O4/c1-15-7-4-5-8-16(15)10-11-20-17(22)14-25-19(24)13-21-12-6-2-3-9-18(21)23/h4-5,7-8H,2-3,6,9-14H2,1H3,(H,20,22). The highest BCUT2D eigenvalue weighted by Crippen LogP contribution is 2.11. The van der Waals surface area contributed by atoms with Gasteiger partial charge in [-0.1, -0.05) is 30.7 Å². The third kappa shape index (κ3) is 6.57. The zero-order valence-electron chi connectivity index (χ0n) is 14.8. The molecule has 6 heteroatoms. The van der Waals surface area contributed by atoms with E-state index in [0.717, 1.165) is 25.7 Å². The molecule has 2 amide bonds. The predicted octanol–water partition coefficient (Wildman–Crippen LogP) is 1.60. The lowest BCUT2D eigenvalue weighted by molar-refractivity contribution is -0.152. The topological polar surface area (TPSA) is 75.7 Å². The van der Waals surface area contributed by atoms with E-state index in [9.17, 15) is 14.4 Å². The Morgan fingerprint density at radius 1 is 1.20 bits per heavy atom. The Hall–Kier alpha value is -2.37. The lowest BCUT2D eigenvalue weighted by Gasteiger charge is -2.19. The van der Waals surface area contributed by atoms with Crippen LogP contribution in [0, 0.1) is 6.92 Å². The highest BCUT2D eigenvalue weighted by molar-refractivity contribution is 5.84. The van der Waals surface area contributed by atoms with Crippen molar-refractivity contribution in [2.24, 2.45) is 0 Å². The summed E-state index contributed by atoms with van der Waals surface area (Å²) in [6.45, 7) is 2.72. The first-order valence-corrected chi connectivity index (χ1v) is 8.81. The maximum atomic E-state index is 11.8. The molecule has 1 saturated heterocycles. The summed E-state index contributed by atoms with van der Waals surface area (Å²) in [4.78, 5) is 36.9. The van der Waals surface area contributed by atoms with Crippen LogP contribution in [0.4, 0.5) is 0 Å². The predicted molar refractivity (Wildman–Crippen MR) is 93.9 cm³/mol. The smallest absolute Gasteiger partial charge is 0.326 e. The molecule has 1 heterocycles. The number of aryl methyl sites for hydroxylation is 1. The van der Waals surface area contributed by atoms with E-state index < -0.39 is 5.97 Å². The van der Waals surface area contributed by atoms with Gasteiger partial charge in [-0.3, -0.25) is 14.4 Å². The van der Waals surface area contributed by atoms with Gasteiger partial charge in [-0.25, -0.2) is 0 Å². The van der Waals surface area contributed by atoms with Gasteiger partial charge in [-0.15, -0.1) is 0 Å². The van der Waals surface area contributed by atoms with Crippen LogP contribution in [0.15, 0.2) is 24.3 Å². The molecule has 1 aromatic rings. The van der Waals surface area contributed by atoms with Gasteiger partial charge in [0.05, 0.1) is 0 Å². The number of benzene rings is 1. The van der Waals surface area contributed by atoms with Crippen molar-refractivity contribution in [3.05, 3.63) is 35.4 Å². The van der Waals surface area contributed by atoms with Crippen LogP contribution in [0.25, 0.3) is 0 Å². The number of nitrogens with zero attached hydrogens (tertiary/aromatic N) is 1. The van der Waals surface area contributed by atoms with Crippen molar-refractivity contribution in [3.63, 3.8) is 0 Å². The van der Waals surface area contributed by atoms with Crippen LogP contribution in [0.2, 0.25) is 0 Å². The molecule has 1 aliphatic heterocycles.